The summed E-state index contributed by atoms with van der Waals surface area (Å²) in [5.74, 6) is 0. The zero-order chi connectivity index (χ0) is 14.2. The fraction of sp³-hybridized carbons (Fsp3) is 0.143. The molecule has 0 spiro atoms. The van der Waals surface area contributed by atoms with E-state index in [9.17, 15) is 0 Å². The minimum atomic E-state index is 1.09. The van der Waals surface area contributed by atoms with Crippen molar-refractivity contribution in [2.75, 3.05) is 0 Å². The Labute approximate surface area is 125 Å². The molecular formula is C21H18. The van der Waals surface area contributed by atoms with Gasteiger partial charge in [0.25, 0.3) is 0 Å². The summed E-state index contributed by atoms with van der Waals surface area (Å²) in [6, 6.07) is 20.2. The van der Waals surface area contributed by atoms with Gasteiger partial charge in [0.15, 0.2) is 0 Å². The first-order valence-electron chi connectivity index (χ1n) is 7.65. The largest absolute Gasteiger partial charge is 0.103 e. The lowest BCUT2D eigenvalue weighted by Crippen LogP contribution is -1.90. The average Bonchev–Trinajstić information content (AvgIpc) is 2.54. The van der Waals surface area contributed by atoms with Crippen molar-refractivity contribution in [1.29, 1.82) is 0 Å². The van der Waals surface area contributed by atoms with E-state index < -0.39 is 0 Å². The molecule has 0 fully saturated rings. The van der Waals surface area contributed by atoms with Gasteiger partial charge in [-0.1, -0.05) is 60.7 Å². The Hall–Kier alpha value is -2.34. The Kier molecular flexibility index (Phi) is 2.89. The molecule has 0 aliphatic rings. The Morgan fingerprint density at radius 2 is 1.43 bits per heavy atom. The smallest absolute Gasteiger partial charge is 0.00240 e. The van der Waals surface area contributed by atoms with Crippen LogP contribution >= 0.6 is 0 Å². The van der Waals surface area contributed by atoms with E-state index in [1.54, 1.807) is 0 Å². The van der Waals surface area contributed by atoms with Crippen LogP contribution in [0.2, 0.25) is 0 Å². The van der Waals surface area contributed by atoms with E-state index in [-0.39, 0.29) is 0 Å². The standard InChI is InChI=1S/C21H18/c1-2-3-4-6-15-9-10-18-12-11-16-7-5-8-17-13-14-19(15)21(18)20(16)17/h2,5,7-14H,1,3-4,6H2. The average molecular weight is 270 g/mol. The fourth-order valence-corrected chi connectivity index (χ4v) is 3.45. The maximum absolute atomic E-state index is 3.82. The molecule has 0 heterocycles. The van der Waals surface area contributed by atoms with E-state index in [1.807, 2.05) is 6.08 Å². The Balaban J connectivity index is 2.03. The van der Waals surface area contributed by atoms with Crippen LogP contribution in [0.3, 0.4) is 0 Å². The highest BCUT2D eigenvalue weighted by molar-refractivity contribution is 6.23. The van der Waals surface area contributed by atoms with Gasteiger partial charge in [0, 0.05) is 0 Å². The summed E-state index contributed by atoms with van der Waals surface area (Å²) >= 11 is 0. The van der Waals surface area contributed by atoms with Crippen LogP contribution in [0.4, 0.5) is 0 Å². The predicted octanol–water partition coefficient (Wildman–Crippen LogP) is 6.09. The van der Waals surface area contributed by atoms with Crippen LogP contribution in [0.1, 0.15) is 18.4 Å². The Bertz CT molecular complexity index is 915. The van der Waals surface area contributed by atoms with Gasteiger partial charge in [-0.25, -0.2) is 0 Å². The molecule has 4 aromatic rings. The molecule has 0 aromatic heterocycles. The van der Waals surface area contributed by atoms with Gasteiger partial charge >= 0.3 is 0 Å². The maximum atomic E-state index is 3.82. The maximum Gasteiger partial charge on any atom is -0.00240 e. The molecule has 21 heavy (non-hydrogen) atoms. The van der Waals surface area contributed by atoms with E-state index in [2.05, 4.69) is 61.2 Å². The van der Waals surface area contributed by atoms with E-state index in [1.165, 1.54) is 44.3 Å². The third-order valence-corrected chi connectivity index (χ3v) is 4.47. The Morgan fingerprint density at radius 3 is 2.19 bits per heavy atom. The van der Waals surface area contributed by atoms with E-state index >= 15 is 0 Å². The van der Waals surface area contributed by atoms with Crippen LogP contribution in [0.5, 0.6) is 0 Å². The van der Waals surface area contributed by atoms with Gasteiger partial charge in [-0.3, -0.25) is 0 Å². The number of hydrogen-bond acceptors (Lipinski definition) is 0. The van der Waals surface area contributed by atoms with Crippen LogP contribution in [0.15, 0.2) is 67.3 Å². The van der Waals surface area contributed by atoms with Gasteiger partial charge in [0.05, 0.1) is 0 Å². The number of unbranched alkanes of at least 4 members (excludes halogenated alkanes) is 1. The first kappa shape index (κ1) is 12.4. The summed E-state index contributed by atoms with van der Waals surface area (Å²) in [6.07, 6.45) is 5.39. The van der Waals surface area contributed by atoms with E-state index in [0.29, 0.717) is 0 Å². The van der Waals surface area contributed by atoms with Crippen molar-refractivity contribution >= 4 is 32.3 Å². The monoisotopic (exact) mass is 270 g/mol. The second kappa shape index (κ2) is 4.89. The molecule has 4 rings (SSSR count). The van der Waals surface area contributed by atoms with Crippen molar-refractivity contribution in [3.63, 3.8) is 0 Å². The number of hydrogen-bond donors (Lipinski definition) is 0. The van der Waals surface area contributed by atoms with E-state index in [4.69, 9.17) is 0 Å². The summed E-state index contributed by atoms with van der Waals surface area (Å²) in [5.41, 5.74) is 1.46. The van der Waals surface area contributed by atoms with Crippen LogP contribution in [0, 0.1) is 0 Å². The molecule has 0 bridgehead atoms. The first-order chi connectivity index (χ1) is 10.4. The lowest BCUT2D eigenvalue weighted by atomic mass is 9.90. The van der Waals surface area contributed by atoms with Crippen LogP contribution in [-0.2, 0) is 6.42 Å². The van der Waals surface area contributed by atoms with Crippen molar-refractivity contribution < 1.29 is 0 Å². The molecule has 0 atom stereocenters. The Morgan fingerprint density at radius 1 is 0.762 bits per heavy atom. The summed E-state index contributed by atoms with van der Waals surface area (Å²) < 4.78 is 0. The highest BCUT2D eigenvalue weighted by atomic mass is 14.1. The van der Waals surface area contributed by atoms with Crippen molar-refractivity contribution in [2.24, 2.45) is 0 Å². The zero-order valence-corrected chi connectivity index (χ0v) is 12.1. The molecule has 102 valence electrons. The molecule has 0 nitrogen and oxygen atoms in total. The second-order valence-electron chi connectivity index (χ2n) is 5.76. The molecule has 0 heteroatoms. The molecule has 4 aromatic carbocycles. The number of aryl methyl sites for hydroxylation is 1. The molecule has 0 saturated heterocycles. The van der Waals surface area contributed by atoms with Crippen LogP contribution in [0.25, 0.3) is 32.3 Å². The van der Waals surface area contributed by atoms with Crippen LogP contribution < -0.4 is 0 Å². The van der Waals surface area contributed by atoms with Gasteiger partial charge in [0.1, 0.15) is 0 Å². The van der Waals surface area contributed by atoms with Gasteiger partial charge in [-0.15, -0.1) is 6.58 Å². The SMILES string of the molecule is C=CCCCc1ccc2ccc3cccc4ccc1c2c34. The number of allylic oxidation sites excluding steroid dienone is 1. The van der Waals surface area contributed by atoms with Gasteiger partial charge in [0.2, 0.25) is 0 Å². The van der Waals surface area contributed by atoms with Gasteiger partial charge in [-0.05, 0) is 57.1 Å². The van der Waals surface area contributed by atoms with Gasteiger partial charge in [-0.2, -0.15) is 0 Å². The zero-order valence-electron chi connectivity index (χ0n) is 12.1. The minimum Gasteiger partial charge on any atom is -0.103 e. The highest BCUT2D eigenvalue weighted by Gasteiger charge is 2.10. The van der Waals surface area contributed by atoms with E-state index in [0.717, 1.165) is 12.8 Å². The summed E-state index contributed by atoms with van der Waals surface area (Å²) in [6.45, 7) is 3.82. The first-order valence-corrected chi connectivity index (χ1v) is 7.65. The normalized spacial score (nSPS) is 11.6. The quantitative estimate of drug-likeness (QED) is 0.239. The molecule has 0 aliphatic carbocycles. The summed E-state index contributed by atoms with van der Waals surface area (Å²) in [5, 5.41) is 8.30. The van der Waals surface area contributed by atoms with Crippen molar-refractivity contribution in [3.8, 4) is 0 Å². The number of benzene rings is 4. The third-order valence-electron chi connectivity index (χ3n) is 4.47. The second-order valence-corrected chi connectivity index (χ2v) is 5.76. The minimum absolute atomic E-state index is 1.09. The van der Waals surface area contributed by atoms with Gasteiger partial charge < -0.3 is 0 Å². The molecule has 0 unspecified atom stereocenters. The topological polar surface area (TPSA) is 0 Å². The van der Waals surface area contributed by atoms with Crippen molar-refractivity contribution in [3.05, 3.63) is 72.8 Å². The molecule has 0 N–H and O–H groups in total. The lowest BCUT2D eigenvalue weighted by molar-refractivity contribution is 0.849. The number of rotatable bonds is 4. The predicted molar refractivity (Wildman–Crippen MR) is 93.3 cm³/mol. The summed E-state index contributed by atoms with van der Waals surface area (Å²) in [4.78, 5) is 0. The van der Waals surface area contributed by atoms with Crippen molar-refractivity contribution in [2.45, 2.75) is 19.3 Å². The third kappa shape index (κ3) is 1.91. The highest BCUT2D eigenvalue weighted by Crippen LogP contribution is 2.36. The van der Waals surface area contributed by atoms with Crippen molar-refractivity contribution in [1.82, 2.24) is 0 Å². The van der Waals surface area contributed by atoms with Crippen LogP contribution in [-0.4, -0.2) is 0 Å². The molecule has 0 amide bonds. The molecule has 0 radical (unpaired) electrons. The molecular weight excluding hydrogens is 252 g/mol. The summed E-state index contributed by atoms with van der Waals surface area (Å²) in [7, 11) is 0. The molecule has 0 aliphatic heterocycles. The molecule has 0 saturated carbocycles. The lowest BCUT2D eigenvalue weighted by Gasteiger charge is -2.13. The fourth-order valence-electron chi connectivity index (χ4n) is 3.45.